The first-order chi connectivity index (χ1) is 8.82. The number of rotatable bonds is 2. The Morgan fingerprint density at radius 1 is 1.32 bits per heavy atom. The maximum absolute atomic E-state index is 5.54. The van der Waals surface area contributed by atoms with Gasteiger partial charge in [0.25, 0.3) is 0 Å². The lowest BCUT2D eigenvalue weighted by molar-refractivity contribution is 0.542. The average molecular weight is 372 g/mol. The molecule has 0 aliphatic heterocycles. The summed E-state index contributed by atoms with van der Waals surface area (Å²) in [7, 11) is 0. The molecule has 0 fully saturated rings. The monoisotopic (exact) mass is 372 g/mol. The van der Waals surface area contributed by atoms with Crippen LogP contribution in [0.2, 0.25) is 0 Å². The van der Waals surface area contributed by atoms with E-state index in [0.717, 1.165) is 20.8 Å². The van der Waals surface area contributed by atoms with Gasteiger partial charge >= 0.3 is 0 Å². The number of hydrogen-bond acceptors (Lipinski definition) is 5. The molecule has 0 bridgehead atoms. The van der Waals surface area contributed by atoms with E-state index in [4.69, 9.17) is 5.84 Å². The molecule has 0 aromatic carbocycles. The number of nitrogens with two attached hydrogens (primary N) is 1. The summed E-state index contributed by atoms with van der Waals surface area (Å²) in [6.07, 6.45) is 3.71. The lowest BCUT2D eigenvalue weighted by Gasteiger charge is -2.20. The fraction of sp³-hybridized carbons (Fsp3) is 0.417. The van der Waals surface area contributed by atoms with Crippen molar-refractivity contribution in [3.05, 3.63) is 27.4 Å². The van der Waals surface area contributed by atoms with Gasteiger partial charge in [-0.2, -0.15) is 5.10 Å². The standard InChI is InChI=1S/C12H17IN6/c1-7-9(18-14)16-11(12(2,3)4)17-10(7)19-6-8(13)5-15-19/h5-6H,14H2,1-4H3,(H,16,17,18). The molecular weight excluding hydrogens is 355 g/mol. The molecule has 19 heavy (non-hydrogen) atoms. The molecule has 0 aliphatic carbocycles. The first kappa shape index (κ1) is 14.2. The van der Waals surface area contributed by atoms with Crippen LogP contribution in [-0.4, -0.2) is 19.7 Å². The van der Waals surface area contributed by atoms with E-state index in [9.17, 15) is 0 Å². The molecule has 2 heterocycles. The lowest BCUT2D eigenvalue weighted by Crippen LogP contribution is -2.21. The van der Waals surface area contributed by atoms with Crippen molar-refractivity contribution in [2.24, 2.45) is 5.84 Å². The maximum Gasteiger partial charge on any atom is 0.162 e. The van der Waals surface area contributed by atoms with Gasteiger partial charge in [0, 0.05) is 17.2 Å². The Labute approximate surface area is 125 Å². The SMILES string of the molecule is Cc1c(NN)nc(C(C)(C)C)nc1-n1cc(I)cn1. The second-order valence-electron chi connectivity index (χ2n) is 5.34. The number of nitrogens with one attached hydrogen (secondary N) is 1. The van der Waals surface area contributed by atoms with E-state index in [2.05, 4.69) is 63.9 Å². The van der Waals surface area contributed by atoms with Crippen molar-refractivity contribution < 1.29 is 0 Å². The van der Waals surface area contributed by atoms with Gasteiger partial charge in [0.15, 0.2) is 5.82 Å². The highest BCUT2D eigenvalue weighted by Crippen LogP contribution is 2.25. The summed E-state index contributed by atoms with van der Waals surface area (Å²) in [5.41, 5.74) is 3.34. The first-order valence-corrected chi connectivity index (χ1v) is 6.97. The number of anilines is 1. The molecule has 0 amide bonds. The minimum Gasteiger partial charge on any atom is -0.308 e. The van der Waals surface area contributed by atoms with Crippen LogP contribution in [0.3, 0.4) is 0 Å². The summed E-state index contributed by atoms with van der Waals surface area (Å²) in [5.74, 6) is 7.64. The van der Waals surface area contributed by atoms with Crippen LogP contribution in [0.15, 0.2) is 12.4 Å². The Morgan fingerprint density at radius 2 is 2.00 bits per heavy atom. The molecule has 0 saturated carbocycles. The van der Waals surface area contributed by atoms with E-state index in [1.807, 2.05) is 13.1 Å². The number of hydrogen-bond donors (Lipinski definition) is 2. The van der Waals surface area contributed by atoms with Gasteiger partial charge in [-0.05, 0) is 29.5 Å². The van der Waals surface area contributed by atoms with Crippen LogP contribution >= 0.6 is 22.6 Å². The molecule has 102 valence electrons. The Morgan fingerprint density at radius 3 is 2.47 bits per heavy atom. The molecule has 7 heteroatoms. The smallest absolute Gasteiger partial charge is 0.162 e. The van der Waals surface area contributed by atoms with Crippen molar-refractivity contribution in [2.45, 2.75) is 33.1 Å². The quantitative estimate of drug-likeness (QED) is 0.480. The fourth-order valence-corrected chi connectivity index (χ4v) is 2.01. The number of halogens is 1. The topological polar surface area (TPSA) is 81.6 Å². The van der Waals surface area contributed by atoms with E-state index >= 15 is 0 Å². The summed E-state index contributed by atoms with van der Waals surface area (Å²) in [4.78, 5) is 9.09. The van der Waals surface area contributed by atoms with Gasteiger partial charge in [-0.25, -0.2) is 20.5 Å². The summed E-state index contributed by atoms with van der Waals surface area (Å²) >= 11 is 2.21. The van der Waals surface area contributed by atoms with E-state index < -0.39 is 0 Å². The second-order valence-corrected chi connectivity index (χ2v) is 6.59. The van der Waals surface area contributed by atoms with Crippen molar-refractivity contribution in [3.63, 3.8) is 0 Å². The second kappa shape index (κ2) is 5.04. The number of nitrogens with zero attached hydrogens (tertiary/aromatic N) is 4. The van der Waals surface area contributed by atoms with Crippen molar-refractivity contribution in [1.82, 2.24) is 19.7 Å². The highest BCUT2D eigenvalue weighted by Gasteiger charge is 2.21. The zero-order valence-electron chi connectivity index (χ0n) is 11.4. The minimum absolute atomic E-state index is 0.158. The van der Waals surface area contributed by atoms with Crippen LogP contribution in [-0.2, 0) is 5.41 Å². The predicted molar refractivity (Wildman–Crippen MR) is 83.1 cm³/mol. The molecule has 3 N–H and O–H groups in total. The first-order valence-electron chi connectivity index (χ1n) is 5.89. The third kappa shape index (κ3) is 2.86. The Bertz CT molecular complexity index is 599. The lowest BCUT2D eigenvalue weighted by atomic mass is 9.95. The van der Waals surface area contributed by atoms with Crippen molar-refractivity contribution >= 4 is 28.4 Å². The molecule has 2 rings (SSSR count). The number of aromatic nitrogens is 4. The summed E-state index contributed by atoms with van der Waals surface area (Å²) < 4.78 is 2.80. The molecule has 0 atom stereocenters. The zero-order chi connectivity index (χ0) is 14.2. The molecule has 0 radical (unpaired) electrons. The Hall–Kier alpha value is -1.22. The third-order valence-electron chi connectivity index (χ3n) is 2.70. The van der Waals surface area contributed by atoms with Gasteiger partial charge in [-0.3, -0.25) is 0 Å². The third-order valence-corrected chi connectivity index (χ3v) is 3.25. The van der Waals surface area contributed by atoms with E-state index in [1.165, 1.54) is 0 Å². The van der Waals surface area contributed by atoms with E-state index in [1.54, 1.807) is 10.9 Å². The normalized spacial score (nSPS) is 11.7. The van der Waals surface area contributed by atoms with Crippen molar-refractivity contribution in [1.29, 1.82) is 0 Å². The van der Waals surface area contributed by atoms with E-state index in [-0.39, 0.29) is 5.41 Å². The van der Waals surface area contributed by atoms with E-state index in [0.29, 0.717) is 5.82 Å². The maximum atomic E-state index is 5.54. The average Bonchev–Trinajstić information content (AvgIpc) is 2.74. The summed E-state index contributed by atoms with van der Waals surface area (Å²) in [6, 6.07) is 0. The largest absolute Gasteiger partial charge is 0.308 e. The predicted octanol–water partition coefficient (Wildman–Crippen LogP) is 2.16. The molecular formula is C12H17IN6. The Balaban J connectivity index is 2.65. The zero-order valence-corrected chi connectivity index (χ0v) is 13.6. The van der Waals surface area contributed by atoms with Crippen LogP contribution in [0, 0.1) is 10.5 Å². The van der Waals surface area contributed by atoms with Gasteiger partial charge in [-0.15, -0.1) is 0 Å². The van der Waals surface area contributed by atoms with Gasteiger partial charge in [0.05, 0.1) is 9.77 Å². The fourth-order valence-electron chi connectivity index (χ4n) is 1.62. The van der Waals surface area contributed by atoms with Gasteiger partial charge < -0.3 is 5.43 Å². The van der Waals surface area contributed by atoms with Crippen LogP contribution in [0.4, 0.5) is 5.82 Å². The Kier molecular flexibility index (Phi) is 3.77. The van der Waals surface area contributed by atoms with Crippen molar-refractivity contribution in [2.75, 3.05) is 5.43 Å². The highest BCUT2D eigenvalue weighted by atomic mass is 127. The van der Waals surface area contributed by atoms with Gasteiger partial charge in [0.1, 0.15) is 11.6 Å². The van der Waals surface area contributed by atoms with Crippen LogP contribution < -0.4 is 11.3 Å². The highest BCUT2D eigenvalue weighted by molar-refractivity contribution is 14.1. The number of nitrogen functional groups attached to an aromatic ring is 1. The molecule has 6 nitrogen and oxygen atoms in total. The summed E-state index contributed by atoms with van der Waals surface area (Å²) in [6.45, 7) is 8.11. The molecule has 0 spiro atoms. The number of hydrazine groups is 1. The summed E-state index contributed by atoms with van der Waals surface area (Å²) in [5, 5.41) is 4.30. The van der Waals surface area contributed by atoms with Crippen LogP contribution in [0.5, 0.6) is 0 Å². The molecule has 2 aromatic rings. The van der Waals surface area contributed by atoms with Crippen LogP contribution in [0.25, 0.3) is 5.82 Å². The molecule has 0 saturated heterocycles. The van der Waals surface area contributed by atoms with Gasteiger partial charge in [0.2, 0.25) is 0 Å². The van der Waals surface area contributed by atoms with Gasteiger partial charge in [-0.1, -0.05) is 20.8 Å². The van der Waals surface area contributed by atoms with Crippen molar-refractivity contribution in [3.8, 4) is 5.82 Å². The van der Waals surface area contributed by atoms with Crippen LogP contribution in [0.1, 0.15) is 32.2 Å². The molecule has 0 unspecified atom stereocenters. The molecule has 2 aromatic heterocycles. The molecule has 0 aliphatic rings. The minimum atomic E-state index is -0.158.